The zero-order valence-electron chi connectivity index (χ0n) is 9.37. The third-order valence-electron chi connectivity index (χ3n) is 2.39. The maximum Gasteiger partial charge on any atom is 0.168 e. The number of hydrogen-bond acceptors (Lipinski definition) is 2. The molecule has 0 atom stereocenters. The van der Waals surface area contributed by atoms with E-state index in [0.29, 0.717) is 0 Å². The van der Waals surface area contributed by atoms with Crippen molar-refractivity contribution in [3.63, 3.8) is 0 Å². The predicted octanol–water partition coefficient (Wildman–Crippen LogP) is 2.94. The van der Waals surface area contributed by atoms with Gasteiger partial charge in [-0.25, -0.2) is 9.50 Å². The van der Waals surface area contributed by atoms with E-state index in [1.54, 1.807) is 0 Å². The van der Waals surface area contributed by atoms with E-state index in [9.17, 15) is 0 Å². The molecule has 2 aromatic heterocycles. The molecule has 0 radical (unpaired) electrons. The summed E-state index contributed by atoms with van der Waals surface area (Å²) >= 11 is 2.30. The Hall–Kier alpha value is -0.650. The average molecular weight is 315 g/mol. The molecule has 2 heterocycles. The number of aromatic nitrogens is 3. The molecule has 0 aliphatic rings. The number of aryl methyl sites for hydroxylation is 1. The maximum absolute atomic E-state index is 4.53. The van der Waals surface area contributed by atoms with Crippen LogP contribution in [-0.4, -0.2) is 14.6 Å². The largest absolute Gasteiger partial charge is 0.236 e. The molecule has 0 N–H and O–H groups in total. The summed E-state index contributed by atoms with van der Waals surface area (Å²) in [5, 5.41) is 4.53. The van der Waals surface area contributed by atoms with Crippen molar-refractivity contribution in [3.05, 3.63) is 27.2 Å². The Morgan fingerprint density at radius 3 is 2.60 bits per heavy atom. The van der Waals surface area contributed by atoms with Crippen molar-refractivity contribution in [1.29, 1.82) is 0 Å². The lowest BCUT2D eigenvalue weighted by molar-refractivity contribution is 0.546. The van der Waals surface area contributed by atoms with Crippen molar-refractivity contribution in [2.75, 3.05) is 0 Å². The number of hydrogen-bond donors (Lipinski definition) is 0. The van der Waals surface area contributed by atoms with Gasteiger partial charge in [-0.05, 0) is 35.6 Å². The molecule has 0 saturated carbocycles. The molecular formula is C11H14IN3. The molecule has 80 valence electrons. The molecule has 0 bridgehead atoms. The zero-order valence-corrected chi connectivity index (χ0v) is 11.5. The van der Waals surface area contributed by atoms with Gasteiger partial charge in [-0.3, -0.25) is 0 Å². The van der Waals surface area contributed by atoms with Crippen LogP contribution in [0, 0.1) is 10.5 Å². The Kier molecular flexibility index (Phi) is 2.48. The Balaban J connectivity index is 2.83. The fourth-order valence-electron chi connectivity index (χ4n) is 1.59. The zero-order chi connectivity index (χ0) is 11.2. The first-order chi connectivity index (χ1) is 6.91. The van der Waals surface area contributed by atoms with Gasteiger partial charge in [0.2, 0.25) is 0 Å². The van der Waals surface area contributed by atoms with Crippen LogP contribution in [0.3, 0.4) is 0 Å². The summed E-state index contributed by atoms with van der Waals surface area (Å²) < 4.78 is 3.09. The second-order valence-corrected chi connectivity index (χ2v) is 5.79. The van der Waals surface area contributed by atoms with E-state index in [4.69, 9.17) is 0 Å². The molecule has 15 heavy (non-hydrogen) atoms. The van der Waals surface area contributed by atoms with E-state index in [-0.39, 0.29) is 5.41 Å². The standard InChI is InChI=1S/C11H14IN3/c1-7-9(12)10-13-6-5-8(11(2,3)4)15(10)14-7/h5-6H,1-4H3. The minimum atomic E-state index is 0.0860. The van der Waals surface area contributed by atoms with Gasteiger partial charge in [0.25, 0.3) is 0 Å². The molecule has 0 amide bonds. The highest BCUT2D eigenvalue weighted by molar-refractivity contribution is 14.1. The molecule has 0 aromatic carbocycles. The third-order valence-corrected chi connectivity index (χ3v) is 3.65. The van der Waals surface area contributed by atoms with Crippen LogP contribution in [0.1, 0.15) is 32.2 Å². The van der Waals surface area contributed by atoms with Crippen LogP contribution in [0.5, 0.6) is 0 Å². The Morgan fingerprint density at radius 2 is 2.00 bits per heavy atom. The smallest absolute Gasteiger partial charge is 0.168 e. The molecule has 0 unspecified atom stereocenters. The highest BCUT2D eigenvalue weighted by Gasteiger charge is 2.19. The van der Waals surface area contributed by atoms with Gasteiger partial charge in [-0.1, -0.05) is 20.8 Å². The molecule has 4 heteroatoms. The average Bonchev–Trinajstić information content (AvgIpc) is 2.41. The van der Waals surface area contributed by atoms with Crippen molar-refractivity contribution in [2.45, 2.75) is 33.1 Å². The fraction of sp³-hybridized carbons (Fsp3) is 0.455. The van der Waals surface area contributed by atoms with Crippen LogP contribution in [0.4, 0.5) is 0 Å². The summed E-state index contributed by atoms with van der Waals surface area (Å²) in [4.78, 5) is 4.37. The number of rotatable bonds is 0. The molecule has 0 saturated heterocycles. The van der Waals surface area contributed by atoms with Gasteiger partial charge in [0.15, 0.2) is 5.65 Å². The summed E-state index contributed by atoms with van der Waals surface area (Å²) in [6, 6.07) is 2.04. The van der Waals surface area contributed by atoms with Crippen LogP contribution in [0.15, 0.2) is 12.3 Å². The lowest BCUT2D eigenvalue weighted by Crippen LogP contribution is -2.17. The fourth-order valence-corrected chi connectivity index (χ4v) is 2.07. The van der Waals surface area contributed by atoms with E-state index in [2.05, 4.69) is 53.4 Å². The quantitative estimate of drug-likeness (QED) is 0.700. The van der Waals surface area contributed by atoms with Crippen molar-refractivity contribution >= 4 is 28.2 Å². The Morgan fingerprint density at radius 1 is 1.33 bits per heavy atom. The van der Waals surface area contributed by atoms with Crippen molar-refractivity contribution < 1.29 is 0 Å². The van der Waals surface area contributed by atoms with Gasteiger partial charge in [0, 0.05) is 11.6 Å². The lowest BCUT2D eigenvalue weighted by Gasteiger charge is -2.19. The second-order valence-electron chi connectivity index (χ2n) is 4.71. The van der Waals surface area contributed by atoms with Gasteiger partial charge in [0.1, 0.15) is 0 Å². The van der Waals surface area contributed by atoms with Gasteiger partial charge in [-0.2, -0.15) is 5.10 Å². The van der Waals surface area contributed by atoms with E-state index < -0.39 is 0 Å². The summed E-state index contributed by atoms with van der Waals surface area (Å²) in [7, 11) is 0. The van der Waals surface area contributed by atoms with Crippen LogP contribution in [0.25, 0.3) is 5.65 Å². The molecule has 3 nitrogen and oxygen atoms in total. The van der Waals surface area contributed by atoms with Crippen LogP contribution < -0.4 is 0 Å². The minimum absolute atomic E-state index is 0.0860. The van der Waals surface area contributed by atoms with Gasteiger partial charge in [0.05, 0.1) is 15.0 Å². The summed E-state index contributed by atoms with van der Waals surface area (Å²) in [6.45, 7) is 8.58. The minimum Gasteiger partial charge on any atom is -0.236 e. The molecule has 0 aliphatic heterocycles. The summed E-state index contributed by atoms with van der Waals surface area (Å²) in [5.74, 6) is 0. The highest BCUT2D eigenvalue weighted by Crippen LogP contribution is 2.24. The third kappa shape index (κ3) is 1.75. The van der Waals surface area contributed by atoms with E-state index in [1.807, 2.05) is 23.7 Å². The number of nitrogens with zero attached hydrogens (tertiary/aromatic N) is 3. The summed E-state index contributed by atoms with van der Waals surface area (Å²) in [6.07, 6.45) is 1.86. The van der Waals surface area contributed by atoms with E-state index in [0.717, 1.165) is 14.9 Å². The summed E-state index contributed by atoms with van der Waals surface area (Å²) in [5.41, 5.74) is 3.28. The monoisotopic (exact) mass is 315 g/mol. The Labute approximate surface area is 103 Å². The van der Waals surface area contributed by atoms with Gasteiger partial charge >= 0.3 is 0 Å². The molecule has 0 aliphatic carbocycles. The van der Waals surface area contributed by atoms with Crippen molar-refractivity contribution in [2.24, 2.45) is 0 Å². The predicted molar refractivity (Wildman–Crippen MR) is 69.1 cm³/mol. The van der Waals surface area contributed by atoms with Crippen LogP contribution >= 0.6 is 22.6 Å². The first-order valence-electron chi connectivity index (χ1n) is 4.91. The molecular weight excluding hydrogens is 301 g/mol. The maximum atomic E-state index is 4.53. The first kappa shape index (κ1) is 10.9. The molecule has 2 rings (SSSR count). The lowest BCUT2D eigenvalue weighted by atomic mass is 9.92. The van der Waals surface area contributed by atoms with Crippen LogP contribution in [-0.2, 0) is 5.41 Å². The van der Waals surface area contributed by atoms with E-state index in [1.165, 1.54) is 5.69 Å². The number of fused-ring (bicyclic) bond motifs is 1. The van der Waals surface area contributed by atoms with Gasteiger partial charge < -0.3 is 0 Å². The molecule has 0 fully saturated rings. The van der Waals surface area contributed by atoms with E-state index >= 15 is 0 Å². The topological polar surface area (TPSA) is 30.2 Å². The normalized spacial score (nSPS) is 12.3. The Bertz CT molecular complexity index is 508. The van der Waals surface area contributed by atoms with Crippen LogP contribution in [0.2, 0.25) is 0 Å². The first-order valence-corrected chi connectivity index (χ1v) is 5.99. The van der Waals surface area contributed by atoms with Gasteiger partial charge in [-0.15, -0.1) is 0 Å². The van der Waals surface area contributed by atoms with Crippen molar-refractivity contribution in [1.82, 2.24) is 14.6 Å². The highest BCUT2D eigenvalue weighted by atomic mass is 127. The second kappa shape index (κ2) is 3.43. The molecule has 0 spiro atoms. The molecule has 2 aromatic rings. The number of halogens is 1. The SMILES string of the molecule is Cc1nn2c(C(C)(C)C)ccnc2c1I. The van der Waals surface area contributed by atoms with Crippen molar-refractivity contribution in [3.8, 4) is 0 Å².